The quantitative estimate of drug-likeness (QED) is 0.260. The summed E-state index contributed by atoms with van der Waals surface area (Å²) in [5, 5.41) is 3.78. The second-order valence-electron chi connectivity index (χ2n) is 7.43. The number of rotatable bonds is 7. The third-order valence-corrected chi connectivity index (χ3v) is 7.11. The van der Waals surface area contributed by atoms with Crippen molar-refractivity contribution in [3.8, 4) is 11.5 Å². The zero-order chi connectivity index (χ0) is 22.5. The van der Waals surface area contributed by atoms with Crippen LogP contribution in [0.5, 0.6) is 11.5 Å². The van der Waals surface area contributed by atoms with E-state index in [1.54, 1.807) is 24.7 Å². The van der Waals surface area contributed by atoms with Crippen LogP contribution in [-0.2, 0) is 12.8 Å². The molecule has 0 aliphatic heterocycles. The van der Waals surface area contributed by atoms with Gasteiger partial charge in [0.25, 0.3) is 5.91 Å². The number of carbonyl (C=O) groups is 1. The van der Waals surface area contributed by atoms with Crippen molar-refractivity contribution in [1.82, 2.24) is 0 Å². The summed E-state index contributed by atoms with van der Waals surface area (Å²) in [6.45, 7) is 2.47. The van der Waals surface area contributed by atoms with Gasteiger partial charge >= 0.3 is 0 Å². The average molecular weight is 560 g/mol. The number of amides is 1. The number of aryl methyl sites for hydroxylation is 1. The molecule has 0 saturated carbocycles. The number of fused-ring (bicyclic) bond motifs is 1. The number of carbonyl (C=O) groups excluding carboxylic acids is 1. The molecule has 1 N–H and O–H groups in total. The van der Waals surface area contributed by atoms with E-state index < -0.39 is 0 Å². The van der Waals surface area contributed by atoms with Gasteiger partial charge in [-0.3, -0.25) is 4.79 Å². The Balaban J connectivity index is 1.73. The first kappa shape index (κ1) is 22.8. The van der Waals surface area contributed by atoms with Crippen LogP contribution < -0.4 is 14.8 Å². The van der Waals surface area contributed by atoms with Crippen molar-refractivity contribution in [2.24, 2.45) is 4.99 Å². The standard InChI is InChI=1S/C25H25IN2O3S/c1-3-31-23-16(13-17(26)14-20(23)30-2)15-27-25-22(19-11-7-8-12-21(19)32-25)24(29)28-18-9-5-4-6-10-18/h4-6,9-10,13-15H,3,7-8,11-12H2,1-2H3,(H,28,29). The van der Waals surface area contributed by atoms with Gasteiger partial charge in [0.05, 0.1) is 19.3 Å². The molecule has 166 valence electrons. The van der Waals surface area contributed by atoms with Crippen LogP contribution in [0.3, 0.4) is 0 Å². The Morgan fingerprint density at radius 3 is 2.75 bits per heavy atom. The number of benzene rings is 2. The summed E-state index contributed by atoms with van der Waals surface area (Å²) in [7, 11) is 1.63. The molecule has 0 radical (unpaired) electrons. The number of anilines is 1. The highest BCUT2D eigenvalue weighted by Crippen LogP contribution is 2.41. The number of ether oxygens (including phenoxy) is 2. The first-order chi connectivity index (χ1) is 15.6. The van der Waals surface area contributed by atoms with E-state index in [0.29, 0.717) is 23.7 Å². The molecule has 1 aliphatic carbocycles. The zero-order valence-corrected chi connectivity index (χ0v) is 21.1. The van der Waals surface area contributed by atoms with E-state index in [9.17, 15) is 4.79 Å². The minimum absolute atomic E-state index is 0.104. The third-order valence-electron chi connectivity index (χ3n) is 5.29. The van der Waals surface area contributed by atoms with Crippen LogP contribution in [0.1, 0.15) is 46.1 Å². The number of nitrogens with zero attached hydrogens (tertiary/aromatic N) is 1. The lowest BCUT2D eigenvalue weighted by molar-refractivity contribution is 0.102. The molecule has 1 heterocycles. The zero-order valence-electron chi connectivity index (χ0n) is 18.1. The molecule has 0 fully saturated rings. The fraction of sp³-hybridized carbons (Fsp3) is 0.280. The van der Waals surface area contributed by atoms with Crippen LogP contribution in [0, 0.1) is 3.57 Å². The van der Waals surface area contributed by atoms with Gasteiger partial charge in [-0.1, -0.05) is 18.2 Å². The Morgan fingerprint density at radius 1 is 1.22 bits per heavy atom. The topological polar surface area (TPSA) is 59.9 Å². The lowest BCUT2D eigenvalue weighted by Gasteiger charge is -2.13. The molecule has 0 bridgehead atoms. The predicted molar refractivity (Wildman–Crippen MR) is 139 cm³/mol. The molecule has 0 unspecified atom stereocenters. The molecular weight excluding hydrogens is 535 g/mol. The summed E-state index contributed by atoms with van der Waals surface area (Å²) in [5.41, 5.74) is 3.45. The fourth-order valence-corrected chi connectivity index (χ4v) is 5.70. The lowest BCUT2D eigenvalue weighted by Crippen LogP contribution is -2.14. The Morgan fingerprint density at radius 2 is 2.00 bits per heavy atom. The van der Waals surface area contributed by atoms with Gasteiger partial charge < -0.3 is 14.8 Å². The number of hydrogen-bond acceptors (Lipinski definition) is 5. The summed E-state index contributed by atoms with van der Waals surface area (Å²) in [4.78, 5) is 19.3. The second-order valence-corrected chi connectivity index (χ2v) is 9.76. The smallest absolute Gasteiger partial charge is 0.259 e. The number of para-hydroxylation sites is 1. The molecule has 1 aliphatic rings. The van der Waals surface area contributed by atoms with Crippen LogP contribution in [0.2, 0.25) is 0 Å². The van der Waals surface area contributed by atoms with Crippen molar-refractivity contribution < 1.29 is 14.3 Å². The Bertz CT molecular complexity index is 1140. The highest BCUT2D eigenvalue weighted by Gasteiger charge is 2.25. The highest BCUT2D eigenvalue weighted by molar-refractivity contribution is 14.1. The van der Waals surface area contributed by atoms with E-state index in [0.717, 1.165) is 51.1 Å². The Labute approximate surface area is 206 Å². The number of thiophene rings is 1. The van der Waals surface area contributed by atoms with Crippen LogP contribution in [-0.4, -0.2) is 25.8 Å². The van der Waals surface area contributed by atoms with Gasteiger partial charge in [-0.15, -0.1) is 11.3 Å². The molecule has 1 amide bonds. The van der Waals surface area contributed by atoms with Crippen molar-refractivity contribution in [2.45, 2.75) is 32.6 Å². The first-order valence-corrected chi connectivity index (χ1v) is 12.6. The van der Waals surface area contributed by atoms with Crippen molar-refractivity contribution >= 4 is 56.7 Å². The van der Waals surface area contributed by atoms with Gasteiger partial charge in [0.2, 0.25) is 0 Å². The number of nitrogens with one attached hydrogen (secondary N) is 1. The lowest BCUT2D eigenvalue weighted by atomic mass is 9.95. The van der Waals surface area contributed by atoms with Crippen LogP contribution in [0.15, 0.2) is 47.5 Å². The predicted octanol–water partition coefficient (Wildman–Crippen LogP) is 6.64. The minimum atomic E-state index is -0.104. The average Bonchev–Trinajstić information content (AvgIpc) is 3.18. The summed E-state index contributed by atoms with van der Waals surface area (Å²) in [6.07, 6.45) is 5.95. The molecular formula is C25H25IN2O3S. The normalized spacial score (nSPS) is 13.1. The van der Waals surface area contributed by atoms with E-state index in [-0.39, 0.29) is 5.91 Å². The molecule has 32 heavy (non-hydrogen) atoms. The molecule has 3 aromatic rings. The molecule has 5 nitrogen and oxygen atoms in total. The fourth-order valence-electron chi connectivity index (χ4n) is 3.85. The monoisotopic (exact) mass is 560 g/mol. The molecule has 0 spiro atoms. The van der Waals surface area contributed by atoms with Gasteiger partial charge in [0.15, 0.2) is 11.5 Å². The molecule has 0 saturated heterocycles. The van der Waals surface area contributed by atoms with Crippen LogP contribution in [0.4, 0.5) is 10.7 Å². The van der Waals surface area contributed by atoms with Crippen molar-refractivity contribution in [2.75, 3.05) is 19.0 Å². The molecule has 0 atom stereocenters. The molecule has 1 aromatic heterocycles. The van der Waals surface area contributed by atoms with Gasteiger partial charge in [-0.05, 0) is 85.0 Å². The van der Waals surface area contributed by atoms with Crippen LogP contribution >= 0.6 is 33.9 Å². The van der Waals surface area contributed by atoms with Gasteiger partial charge in [0.1, 0.15) is 5.00 Å². The largest absolute Gasteiger partial charge is 0.493 e. The second kappa shape index (κ2) is 10.5. The Hall–Kier alpha value is -2.39. The van der Waals surface area contributed by atoms with Gasteiger partial charge in [-0.2, -0.15) is 0 Å². The Kier molecular flexibility index (Phi) is 7.47. The van der Waals surface area contributed by atoms with Crippen molar-refractivity contribution in [3.05, 3.63) is 67.6 Å². The molecule has 7 heteroatoms. The van der Waals surface area contributed by atoms with Gasteiger partial charge in [-0.25, -0.2) is 4.99 Å². The van der Waals surface area contributed by atoms with Crippen LogP contribution in [0.25, 0.3) is 0 Å². The van der Waals surface area contributed by atoms with E-state index in [4.69, 9.17) is 14.5 Å². The maximum absolute atomic E-state index is 13.3. The van der Waals surface area contributed by atoms with Crippen molar-refractivity contribution in [1.29, 1.82) is 0 Å². The van der Waals surface area contributed by atoms with E-state index >= 15 is 0 Å². The molecule has 2 aromatic carbocycles. The number of hydrogen-bond donors (Lipinski definition) is 1. The SMILES string of the molecule is CCOc1c(C=Nc2sc3c(c2C(=O)Nc2ccccc2)CCCC3)cc(I)cc1OC. The minimum Gasteiger partial charge on any atom is -0.493 e. The number of methoxy groups -OCH3 is 1. The van der Waals surface area contributed by atoms with Gasteiger partial charge in [0, 0.05) is 25.9 Å². The maximum Gasteiger partial charge on any atom is 0.259 e. The maximum atomic E-state index is 13.3. The highest BCUT2D eigenvalue weighted by atomic mass is 127. The van der Waals surface area contributed by atoms with E-state index in [1.165, 1.54) is 4.88 Å². The van der Waals surface area contributed by atoms with E-state index in [1.807, 2.05) is 49.4 Å². The molecule has 4 rings (SSSR count). The summed E-state index contributed by atoms with van der Waals surface area (Å²) in [6, 6.07) is 13.5. The summed E-state index contributed by atoms with van der Waals surface area (Å²) < 4.78 is 12.4. The third kappa shape index (κ3) is 4.99. The summed E-state index contributed by atoms with van der Waals surface area (Å²) in [5.74, 6) is 1.23. The number of halogens is 1. The first-order valence-electron chi connectivity index (χ1n) is 10.7. The summed E-state index contributed by atoms with van der Waals surface area (Å²) >= 11 is 3.88. The van der Waals surface area contributed by atoms with E-state index in [2.05, 4.69) is 27.9 Å². The number of aliphatic imine (C=N–C) groups is 1. The van der Waals surface area contributed by atoms with Crippen molar-refractivity contribution in [3.63, 3.8) is 0 Å².